The number of aromatic nitrogens is 3. The summed E-state index contributed by atoms with van der Waals surface area (Å²) in [5, 5.41) is 22.9. The molecule has 0 spiro atoms. The van der Waals surface area contributed by atoms with Crippen LogP contribution < -0.4 is 0 Å². The highest BCUT2D eigenvalue weighted by atomic mass is 19.1. The lowest BCUT2D eigenvalue weighted by Gasteiger charge is -2.13. The summed E-state index contributed by atoms with van der Waals surface area (Å²) in [5.41, 5.74) is 6.79. The Hall–Kier alpha value is -5.85. The third-order valence-electron chi connectivity index (χ3n) is 7.74. The molecule has 0 atom stereocenters. The van der Waals surface area contributed by atoms with Gasteiger partial charge in [-0.1, -0.05) is 66.7 Å². The van der Waals surface area contributed by atoms with Gasteiger partial charge in [0.25, 0.3) is 0 Å². The van der Waals surface area contributed by atoms with Crippen molar-refractivity contribution in [3.05, 3.63) is 114 Å². The smallest absolute Gasteiger partial charge is 0.177 e. The van der Waals surface area contributed by atoms with E-state index in [-0.39, 0.29) is 17.2 Å². The van der Waals surface area contributed by atoms with Gasteiger partial charge in [-0.3, -0.25) is 0 Å². The van der Waals surface area contributed by atoms with Crippen molar-refractivity contribution in [3.8, 4) is 51.5 Å². The van der Waals surface area contributed by atoms with Gasteiger partial charge in [0.05, 0.1) is 22.4 Å². The van der Waals surface area contributed by atoms with E-state index >= 15 is 4.39 Å². The number of halogens is 1. The highest BCUT2D eigenvalue weighted by molar-refractivity contribution is 6.17. The SMILES string of the molecule is N#Cc1nc2c(nc1C#N)-c1ccc(-c3ccc(-n4c5ccccc5c5ccccc54)cc3F)c3cccc-2c13. The predicted octanol–water partition coefficient (Wildman–Crippen LogP) is 7.92. The lowest BCUT2D eigenvalue weighted by atomic mass is 9.94. The highest BCUT2D eigenvalue weighted by Gasteiger charge is 2.28. The summed E-state index contributed by atoms with van der Waals surface area (Å²) in [6, 6.07) is 35.2. The monoisotopic (exact) mass is 513 g/mol. The summed E-state index contributed by atoms with van der Waals surface area (Å²) in [6.07, 6.45) is 0. The molecule has 184 valence electrons. The van der Waals surface area contributed by atoms with E-state index in [0.717, 1.165) is 55.0 Å². The van der Waals surface area contributed by atoms with Crippen LogP contribution in [0.25, 0.3) is 71.9 Å². The van der Waals surface area contributed by atoms with E-state index < -0.39 is 0 Å². The summed E-state index contributed by atoms with van der Waals surface area (Å²) < 4.78 is 18.1. The lowest BCUT2D eigenvalue weighted by molar-refractivity contribution is 0.630. The van der Waals surface area contributed by atoms with Crippen LogP contribution >= 0.6 is 0 Å². The van der Waals surface area contributed by atoms with Gasteiger partial charge in [0.2, 0.25) is 0 Å². The van der Waals surface area contributed by atoms with E-state index in [4.69, 9.17) is 0 Å². The maximum absolute atomic E-state index is 16.0. The second-order valence-corrected chi connectivity index (χ2v) is 9.76. The molecule has 5 nitrogen and oxygen atoms in total. The van der Waals surface area contributed by atoms with E-state index in [1.165, 1.54) is 0 Å². The minimum absolute atomic E-state index is 0.00187. The molecule has 0 amide bonds. The Morgan fingerprint density at radius 2 is 1.12 bits per heavy atom. The van der Waals surface area contributed by atoms with Gasteiger partial charge in [0.1, 0.15) is 18.0 Å². The molecule has 40 heavy (non-hydrogen) atoms. The summed E-state index contributed by atoms with van der Waals surface area (Å²) in [7, 11) is 0. The van der Waals surface area contributed by atoms with Crippen molar-refractivity contribution in [1.82, 2.24) is 14.5 Å². The molecule has 2 heterocycles. The molecule has 0 unspecified atom stereocenters. The number of nitrogens with zero attached hydrogens (tertiary/aromatic N) is 5. The normalized spacial score (nSPS) is 11.6. The number of para-hydroxylation sites is 2. The van der Waals surface area contributed by atoms with Gasteiger partial charge in [0.15, 0.2) is 11.4 Å². The Bertz CT molecular complexity index is 2220. The highest BCUT2D eigenvalue weighted by Crippen LogP contribution is 2.48. The summed E-state index contributed by atoms with van der Waals surface area (Å²) in [6.45, 7) is 0. The summed E-state index contributed by atoms with van der Waals surface area (Å²) in [5.74, 6) is -0.328. The van der Waals surface area contributed by atoms with Crippen LogP contribution in [0.4, 0.5) is 4.39 Å². The fourth-order valence-corrected chi connectivity index (χ4v) is 6.07. The van der Waals surface area contributed by atoms with Crippen LogP contribution in [-0.4, -0.2) is 14.5 Å². The largest absolute Gasteiger partial charge is 0.309 e. The van der Waals surface area contributed by atoms with Gasteiger partial charge in [-0.05, 0) is 41.3 Å². The molecule has 8 rings (SSSR count). The molecule has 6 heteroatoms. The van der Waals surface area contributed by atoms with Crippen LogP contribution in [0.1, 0.15) is 11.4 Å². The topological polar surface area (TPSA) is 78.3 Å². The number of nitriles is 2. The number of hydrogen-bond donors (Lipinski definition) is 0. The van der Waals surface area contributed by atoms with Crippen LogP contribution in [0.5, 0.6) is 0 Å². The van der Waals surface area contributed by atoms with E-state index in [1.54, 1.807) is 6.07 Å². The first-order valence-corrected chi connectivity index (χ1v) is 12.7. The van der Waals surface area contributed by atoms with Crippen molar-refractivity contribution in [2.75, 3.05) is 0 Å². The second kappa shape index (κ2) is 8.07. The minimum atomic E-state index is -0.328. The number of rotatable bonds is 2. The van der Waals surface area contributed by atoms with Crippen LogP contribution in [0.15, 0.2) is 97.1 Å². The molecule has 1 aliphatic rings. The molecule has 0 saturated heterocycles. The van der Waals surface area contributed by atoms with Crippen molar-refractivity contribution in [2.45, 2.75) is 0 Å². The second-order valence-electron chi connectivity index (χ2n) is 9.76. The molecule has 7 aromatic rings. The Kier molecular flexibility index (Phi) is 4.47. The van der Waals surface area contributed by atoms with E-state index in [1.807, 2.05) is 78.9 Å². The van der Waals surface area contributed by atoms with Crippen molar-refractivity contribution in [3.63, 3.8) is 0 Å². The Morgan fingerprint density at radius 3 is 1.75 bits per heavy atom. The fourth-order valence-electron chi connectivity index (χ4n) is 6.07. The van der Waals surface area contributed by atoms with Crippen molar-refractivity contribution >= 4 is 32.6 Å². The van der Waals surface area contributed by atoms with E-state index in [2.05, 4.69) is 38.8 Å². The predicted molar refractivity (Wildman–Crippen MR) is 153 cm³/mol. The Morgan fingerprint density at radius 1 is 0.575 bits per heavy atom. The number of benzene rings is 5. The zero-order valence-corrected chi connectivity index (χ0v) is 20.9. The molecule has 0 N–H and O–H groups in total. The Labute approximate surface area is 227 Å². The minimum Gasteiger partial charge on any atom is -0.309 e. The molecule has 5 aromatic carbocycles. The van der Waals surface area contributed by atoms with Gasteiger partial charge in [-0.2, -0.15) is 10.5 Å². The third kappa shape index (κ3) is 2.88. The standard InChI is InChI=1S/C34H16FN5/c35-27-16-19(40-30-10-3-1-6-22(30)23-7-2-4-11-31(23)40)12-13-21(27)20-14-15-26-32-24(20)8-5-9-25(32)33-34(26)39-29(18-37)28(17-36)38-33/h1-16H. The summed E-state index contributed by atoms with van der Waals surface area (Å²) in [4.78, 5) is 8.94. The quantitative estimate of drug-likeness (QED) is 0.235. The molecule has 0 aliphatic heterocycles. The first kappa shape index (κ1) is 22.2. The Balaban J connectivity index is 1.32. The first-order valence-electron chi connectivity index (χ1n) is 12.7. The van der Waals surface area contributed by atoms with Gasteiger partial charge in [-0.25, -0.2) is 14.4 Å². The van der Waals surface area contributed by atoms with Gasteiger partial charge < -0.3 is 4.57 Å². The summed E-state index contributed by atoms with van der Waals surface area (Å²) >= 11 is 0. The van der Waals surface area contributed by atoms with Crippen LogP contribution in [0, 0.1) is 28.5 Å². The zero-order valence-electron chi connectivity index (χ0n) is 20.9. The number of hydrogen-bond acceptors (Lipinski definition) is 4. The maximum atomic E-state index is 16.0. The van der Waals surface area contributed by atoms with Crippen LogP contribution in [-0.2, 0) is 0 Å². The molecule has 1 aliphatic carbocycles. The molecule has 0 fully saturated rings. The van der Waals surface area contributed by atoms with Crippen molar-refractivity contribution < 1.29 is 4.39 Å². The zero-order chi connectivity index (χ0) is 27.0. The van der Waals surface area contributed by atoms with Crippen molar-refractivity contribution in [2.24, 2.45) is 0 Å². The van der Waals surface area contributed by atoms with Gasteiger partial charge in [-0.15, -0.1) is 0 Å². The van der Waals surface area contributed by atoms with Gasteiger partial charge in [0, 0.05) is 38.5 Å². The molecule has 0 saturated carbocycles. The first-order chi connectivity index (χ1) is 19.7. The average molecular weight is 514 g/mol. The van der Waals surface area contributed by atoms with Gasteiger partial charge >= 0.3 is 0 Å². The molecule has 2 aromatic heterocycles. The van der Waals surface area contributed by atoms with Crippen LogP contribution in [0.2, 0.25) is 0 Å². The van der Waals surface area contributed by atoms with E-state index in [0.29, 0.717) is 17.0 Å². The molecule has 0 radical (unpaired) electrons. The third-order valence-corrected chi connectivity index (χ3v) is 7.74. The molecule has 0 bridgehead atoms. The maximum Gasteiger partial charge on any atom is 0.177 e. The van der Waals surface area contributed by atoms with Crippen LogP contribution in [0.3, 0.4) is 0 Å². The van der Waals surface area contributed by atoms with Crippen molar-refractivity contribution in [1.29, 1.82) is 10.5 Å². The lowest BCUT2D eigenvalue weighted by Crippen LogP contribution is -1.97. The number of fused-ring (bicyclic) bond motifs is 6. The molecular formula is C34H16FN5. The fraction of sp³-hybridized carbons (Fsp3) is 0. The average Bonchev–Trinajstić information content (AvgIpc) is 3.50. The molecular weight excluding hydrogens is 497 g/mol. The van der Waals surface area contributed by atoms with E-state index in [9.17, 15) is 10.5 Å².